The summed E-state index contributed by atoms with van der Waals surface area (Å²) in [4.78, 5) is 12.6. The molecule has 5 heteroatoms. The fourth-order valence-electron chi connectivity index (χ4n) is 2.43. The molecule has 23 heavy (non-hydrogen) atoms. The van der Waals surface area contributed by atoms with Crippen LogP contribution in [0.1, 0.15) is 24.3 Å². The van der Waals surface area contributed by atoms with Gasteiger partial charge in [-0.1, -0.05) is 48.0 Å². The van der Waals surface area contributed by atoms with Crippen molar-refractivity contribution in [2.75, 3.05) is 0 Å². The first kappa shape index (κ1) is 14.2. The van der Waals surface area contributed by atoms with Crippen molar-refractivity contribution in [1.29, 1.82) is 0 Å². The molecule has 0 amide bonds. The second-order valence-corrected chi connectivity index (χ2v) is 5.93. The van der Waals surface area contributed by atoms with Gasteiger partial charge in [0.1, 0.15) is 12.1 Å². The molecule has 3 aromatic rings. The molecule has 4 rings (SSSR count). The standard InChI is InChI=1S/C18H14ClN3O/c19-15-10-14(12-6-7-12)8-9-16(15)23-18-21-11-20-17(22-18)13-4-2-1-3-5-13/h1-5,8-12H,6-7H2. The number of ether oxygens (including phenoxy) is 1. The SMILES string of the molecule is Clc1cc(C2CC2)ccc1Oc1ncnc(-c2ccccc2)n1. The number of aromatic nitrogens is 3. The summed E-state index contributed by atoms with van der Waals surface area (Å²) < 4.78 is 5.73. The Balaban J connectivity index is 1.59. The molecular weight excluding hydrogens is 310 g/mol. The van der Waals surface area contributed by atoms with Crippen LogP contribution in [0.2, 0.25) is 5.02 Å². The van der Waals surface area contributed by atoms with Gasteiger partial charge in [0.05, 0.1) is 5.02 Å². The summed E-state index contributed by atoms with van der Waals surface area (Å²) in [6.07, 6.45) is 3.92. The van der Waals surface area contributed by atoms with Gasteiger partial charge in [-0.05, 0) is 36.5 Å². The number of hydrogen-bond donors (Lipinski definition) is 0. The highest BCUT2D eigenvalue weighted by Crippen LogP contribution is 2.42. The Labute approximate surface area is 139 Å². The van der Waals surface area contributed by atoms with Gasteiger partial charge in [-0.3, -0.25) is 0 Å². The molecule has 0 aliphatic heterocycles. The summed E-state index contributed by atoms with van der Waals surface area (Å²) in [5, 5.41) is 0.580. The third-order valence-electron chi connectivity index (χ3n) is 3.79. The van der Waals surface area contributed by atoms with Crippen LogP contribution in [-0.2, 0) is 0 Å². The summed E-state index contributed by atoms with van der Waals surface area (Å²) in [6, 6.07) is 15.8. The molecule has 1 fully saturated rings. The van der Waals surface area contributed by atoms with E-state index in [4.69, 9.17) is 16.3 Å². The van der Waals surface area contributed by atoms with Gasteiger partial charge in [0.25, 0.3) is 0 Å². The molecule has 1 heterocycles. The van der Waals surface area contributed by atoms with E-state index in [0.29, 0.717) is 22.5 Å². The van der Waals surface area contributed by atoms with E-state index in [0.717, 1.165) is 5.56 Å². The fraction of sp³-hybridized carbons (Fsp3) is 0.167. The minimum absolute atomic E-state index is 0.236. The predicted molar refractivity (Wildman–Crippen MR) is 88.8 cm³/mol. The van der Waals surface area contributed by atoms with Crippen LogP contribution in [0.25, 0.3) is 11.4 Å². The first-order valence-electron chi connectivity index (χ1n) is 7.51. The minimum Gasteiger partial charge on any atom is -0.423 e. The molecule has 2 aromatic carbocycles. The predicted octanol–water partition coefficient (Wildman–Crippen LogP) is 4.86. The van der Waals surface area contributed by atoms with E-state index in [2.05, 4.69) is 21.0 Å². The van der Waals surface area contributed by atoms with Crippen molar-refractivity contribution in [3.05, 3.63) is 65.4 Å². The lowest BCUT2D eigenvalue weighted by Gasteiger charge is -2.08. The van der Waals surface area contributed by atoms with Crippen LogP contribution in [-0.4, -0.2) is 15.0 Å². The van der Waals surface area contributed by atoms with E-state index in [9.17, 15) is 0 Å². The van der Waals surface area contributed by atoms with Crippen molar-refractivity contribution in [1.82, 2.24) is 15.0 Å². The zero-order valence-electron chi connectivity index (χ0n) is 12.3. The number of nitrogens with zero attached hydrogens (tertiary/aromatic N) is 3. The molecule has 0 unspecified atom stereocenters. The normalized spacial score (nSPS) is 13.8. The molecule has 0 N–H and O–H groups in total. The van der Waals surface area contributed by atoms with Crippen LogP contribution in [0.5, 0.6) is 11.8 Å². The largest absolute Gasteiger partial charge is 0.423 e. The summed E-state index contributed by atoms with van der Waals surface area (Å²) in [6.45, 7) is 0. The molecule has 0 bridgehead atoms. The van der Waals surface area contributed by atoms with E-state index < -0.39 is 0 Å². The van der Waals surface area contributed by atoms with Gasteiger partial charge in [0.2, 0.25) is 0 Å². The number of rotatable bonds is 4. The Morgan fingerprint density at radius 1 is 1.00 bits per heavy atom. The molecule has 0 saturated heterocycles. The van der Waals surface area contributed by atoms with Crippen LogP contribution >= 0.6 is 11.6 Å². The first-order valence-corrected chi connectivity index (χ1v) is 7.89. The van der Waals surface area contributed by atoms with Crippen molar-refractivity contribution in [2.45, 2.75) is 18.8 Å². The van der Waals surface area contributed by atoms with E-state index in [1.54, 1.807) is 0 Å². The highest BCUT2D eigenvalue weighted by molar-refractivity contribution is 6.32. The smallest absolute Gasteiger partial charge is 0.325 e. The minimum atomic E-state index is 0.236. The quantitative estimate of drug-likeness (QED) is 0.687. The second-order valence-electron chi connectivity index (χ2n) is 5.52. The molecule has 0 spiro atoms. The molecule has 1 aromatic heterocycles. The second kappa shape index (κ2) is 5.97. The lowest BCUT2D eigenvalue weighted by atomic mass is 10.1. The zero-order valence-corrected chi connectivity index (χ0v) is 13.1. The van der Waals surface area contributed by atoms with E-state index in [1.165, 1.54) is 24.7 Å². The van der Waals surface area contributed by atoms with Gasteiger partial charge in [-0.2, -0.15) is 9.97 Å². The molecule has 114 valence electrons. The van der Waals surface area contributed by atoms with Crippen LogP contribution in [0, 0.1) is 0 Å². The average molecular weight is 324 g/mol. The van der Waals surface area contributed by atoms with Crippen LogP contribution < -0.4 is 4.74 Å². The summed E-state index contributed by atoms with van der Waals surface area (Å²) in [5.41, 5.74) is 2.18. The molecule has 0 atom stereocenters. The number of halogens is 1. The van der Waals surface area contributed by atoms with Crippen LogP contribution in [0.4, 0.5) is 0 Å². The summed E-state index contributed by atoms with van der Waals surface area (Å²) in [5.74, 6) is 1.78. The molecule has 1 aliphatic carbocycles. The topological polar surface area (TPSA) is 47.9 Å². The molecule has 1 saturated carbocycles. The Morgan fingerprint density at radius 2 is 1.83 bits per heavy atom. The maximum absolute atomic E-state index is 6.31. The summed E-state index contributed by atoms with van der Waals surface area (Å²) >= 11 is 6.31. The fourth-order valence-corrected chi connectivity index (χ4v) is 2.65. The monoisotopic (exact) mass is 323 g/mol. The highest BCUT2D eigenvalue weighted by Gasteiger charge is 2.24. The van der Waals surface area contributed by atoms with Gasteiger partial charge >= 0.3 is 6.01 Å². The highest BCUT2D eigenvalue weighted by atomic mass is 35.5. The average Bonchev–Trinajstić information content (AvgIpc) is 3.43. The summed E-state index contributed by atoms with van der Waals surface area (Å²) in [7, 11) is 0. The van der Waals surface area contributed by atoms with Gasteiger partial charge < -0.3 is 4.74 Å². The molecular formula is C18H14ClN3O. The molecule has 0 radical (unpaired) electrons. The van der Waals surface area contributed by atoms with E-state index in [-0.39, 0.29) is 6.01 Å². The van der Waals surface area contributed by atoms with Crippen molar-refractivity contribution in [3.63, 3.8) is 0 Å². The Bertz CT molecular complexity index is 835. The Kier molecular flexibility index (Phi) is 3.67. The number of hydrogen-bond acceptors (Lipinski definition) is 4. The zero-order chi connectivity index (χ0) is 15.6. The number of benzene rings is 2. The van der Waals surface area contributed by atoms with Crippen molar-refractivity contribution < 1.29 is 4.74 Å². The first-order chi connectivity index (χ1) is 11.3. The Hall–Kier alpha value is -2.46. The van der Waals surface area contributed by atoms with Gasteiger partial charge in [0.15, 0.2) is 5.82 Å². The maximum Gasteiger partial charge on any atom is 0.325 e. The lowest BCUT2D eigenvalue weighted by Crippen LogP contribution is -1.96. The van der Waals surface area contributed by atoms with Crippen molar-refractivity contribution in [3.8, 4) is 23.1 Å². The van der Waals surface area contributed by atoms with Crippen molar-refractivity contribution in [2.24, 2.45) is 0 Å². The Morgan fingerprint density at radius 3 is 2.57 bits per heavy atom. The van der Waals surface area contributed by atoms with Gasteiger partial charge in [-0.25, -0.2) is 4.98 Å². The van der Waals surface area contributed by atoms with Crippen molar-refractivity contribution >= 4 is 11.6 Å². The van der Waals surface area contributed by atoms with Gasteiger partial charge in [0, 0.05) is 5.56 Å². The van der Waals surface area contributed by atoms with E-state index in [1.807, 2.05) is 42.5 Å². The molecule has 4 nitrogen and oxygen atoms in total. The maximum atomic E-state index is 6.31. The van der Waals surface area contributed by atoms with E-state index >= 15 is 0 Å². The van der Waals surface area contributed by atoms with Gasteiger partial charge in [-0.15, -0.1) is 0 Å². The third-order valence-corrected chi connectivity index (χ3v) is 4.08. The van der Waals surface area contributed by atoms with Crippen LogP contribution in [0.15, 0.2) is 54.9 Å². The third kappa shape index (κ3) is 3.17. The van der Waals surface area contributed by atoms with Crippen LogP contribution in [0.3, 0.4) is 0 Å². The molecule has 1 aliphatic rings. The lowest BCUT2D eigenvalue weighted by molar-refractivity contribution is 0.440.